The minimum atomic E-state index is -0.742. The van der Waals surface area contributed by atoms with Gasteiger partial charge in [-0.2, -0.15) is 0 Å². The van der Waals surface area contributed by atoms with Crippen molar-refractivity contribution in [1.82, 2.24) is 14.5 Å². The van der Waals surface area contributed by atoms with Gasteiger partial charge in [0.15, 0.2) is 5.69 Å². The van der Waals surface area contributed by atoms with Crippen LogP contribution in [-0.2, 0) is 5.41 Å². The Kier molecular flexibility index (Phi) is 8.02. The van der Waals surface area contributed by atoms with E-state index >= 15 is 0 Å². The Labute approximate surface area is 341 Å². The number of pyridine rings is 2. The lowest BCUT2D eigenvalue weighted by Crippen LogP contribution is -2.34. The quantitative estimate of drug-likeness (QED) is 0.159. The highest BCUT2D eigenvalue weighted by atomic mass is 16.5. The molecular formula is C54H34N4O. The molecule has 11 rings (SSSR count). The Balaban J connectivity index is 1.14. The molecule has 5 heteroatoms. The van der Waals surface area contributed by atoms with E-state index in [-0.39, 0.29) is 0 Å². The van der Waals surface area contributed by atoms with Crippen LogP contribution >= 0.6 is 0 Å². The molecular weight excluding hydrogens is 721 g/mol. The van der Waals surface area contributed by atoms with Crippen LogP contribution in [0, 0.1) is 6.57 Å². The fourth-order valence-electron chi connectivity index (χ4n) is 8.96. The Morgan fingerprint density at radius 2 is 1.03 bits per heavy atom. The molecule has 0 saturated heterocycles. The van der Waals surface area contributed by atoms with E-state index in [1.165, 1.54) is 0 Å². The summed E-state index contributed by atoms with van der Waals surface area (Å²) in [5, 5.41) is 2.14. The van der Waals surface area contributed by atoms with Gasteiger partial charge in [-0.3, -0.25) is 4.98 Å². The molecule has 0 radical (unpaired) electrons. The average Bonchev–Trinajstić information content (AvgIpc) is 3.64. The molecule has 0 spiro atoms. The van der Waals surface area contributed by atoms with Crippen LogP contribution in [0.15, 0.2) is 206 Å². The second-order valence-electron chi connectivity index (χ2n) is 14.8. The summed E-state index contributed by atoms with van der Waals surface area (Å²) >= 11 is 0. The first-order valence-corrected chi connectivity index (χ1v) is 19.7. The summed E-state index contributed by atoms with van der Waals surface area (Å²) in [6.45, 7) is 7.80. The Morgan fingerprint density at radius 3 is 1.71 bits per heavy atom. The SMILES string of the molecule is [C-]#[N+]c1ccc2c(c1)c1cc(-c3ccc4c(c3)C(c3ccccc3)(c3ccccc3)c3cc(-c5cccc(-c6ccccn6)n5)ccc3O4)ccc1n2-c1ccccc1. The fraction of sp³-hybridized carbons (Fsp3) is 0.0185. The van der Waals surface area contributed by atoms with Gasteiger partial charge in [-0.1, -0.05) is 109 Å². The highest BCUT2D eigenvalue weighted by Gasteiger charge is 2.45. The molecule has 4 heterocycles. The van der Waals surface area contributed by atoms with Crippen LogP contribution in [0.25, 0.3) is 66.1 Å². The highest BCUT2D eigenvalue weighted by Crippen LogP contribution is 2.56. The number of rotatable bonds is 6. The van der Waals surface area contributed by atoms with Crippen LogP contribution in [-0.4, -0.2) is 14.5 Å². The van der Waals surface area contributed by atoms with E-state index in [4.69, 9.17) is 16.3 Å². The molecule has 10 aromatic rings. The first kappa shape index (κ1) is 34.2. The maximum Gasteiger partial charge on any atom is 0.188 e. The number of aromatic nitrogens is 3. The number of fused-ring (bicyclic) bond motifs is 5. The van der Waals surface area contributed by atoms with Crippen molar-refractivity contribution in [3.8, 4) is 51.0 Å². The van der Waals surface area contributed by atoms with Gasteiger partial charge in [-0.05, 0) is 119 Å². The van der Waals surface area contributed by atoms with Crippen LogP contribution in [0.3, 0.4) is 0 Å². The smallest absolute Gasteiger partial charge is 0.188 e. The van der Waals surface area contributed by atoms with Gasteiger partial charge in [-0.15, -0.1) is 0 Å². The summed E-state index contributed by atoms with van der Waals surface area (Å²) in [5.41, 5.74) is 13.1. The predicted molar refractivity (Wildman–Crippen MR) is 237 cm³/mol. The molecule has 5 nitrogen and oxygen atoms in total. The minimum absolute atomic E-state index is 0.619. The van der Waals surface area contributed by atoms with E-state index in [9.17, 15) is 0 Å². The first-order valence-electron chi connectivity index (χ1n) is 19.7. The van der Waals surface area contributed by atoms with Crippen LogP contribution in [0.4, 0.5) is 5.69 Å². The van der Waals surface area contributed by atoms with Crippen LogP contribution in [0.1, 0.15) is 22.3 Å². The Bertz CT molecular complexity index is 3200. The molecule has 0 N–H and O–H groups in total. The van der Waals surface area contributed by atoms with Gasteiger partial charge in [-0.25, -0.2) is 9.83 Å². The van der Waals surface area contributed by atoms with Crippen molar-refractivity contribution in [2.45, 2.75) is 5.41 Å². The summed E-state index contributed by atoms with van der Waals surface area (Å²) in [7, 11) is 0. The lowest BCUT2D eigenvalue weighted by molar-refractivity contribution is 0.435. The Hall–Kier alpha value is -8.07. The van der Waals surface area contributed by atoms with Gasteiger partial charge in [0.1, 0.15) is 11.5 Å². The third-order valence-electron chi connectivity index (χ3n) is 11.6. The van der Waals surface area contributed by atoms with Crippen molar-refractivity contribution in [1.29, 1.82) is 0 Å². The Morgan fingerprint density at radius 1 is 0.475 bits per heavy atom. The lowest BCUT2D eigenvalue weighted by atomic mass is 9.63. The molecule has 59 heavy (non-hydrogen) atoms. The number of hydrogen-bond donors (Lipinski definition) is 0. The van der Waals surface area contributed by atoms with Crippen molar-refractivity contribution < 1.29 is 4.74 Å². The average molecular weight is 755 g/mol. The molecule has 0 atom stereocenters. The predicted octanol–water partition coefficient (Wildman–Crippen LogP) is 13.6. The largest absolute Gasteiger partial charge is 0.457 e. The minimum Gasteiger partial charge on any atom is -0.457 e. The number of para-hydroxylation sites is 1. The maximum absolute atomic E-state index is 7.80. The molecule has 0 unspecified atom stereocenters. The number of nitrogens with zero attached hydrogens (tertiary/aromatic N) is 4. The summed E-state index contributed by atoms with van der Waals surface area (Å²) in [6, 6.07) is 69.7. The lowest BCUT2D eigenvalue weighted by Gasteiger charge is -2.42. The zero-order valence-corrected chi connectivity index (χ0v) is 31.8. The number of benzene rings is 7. The number of ether oxygens (including phenoxy) is 1. The van der Waals surface area contributed by atoms with Gasteiger partial charge in [0, 0.05) is 34.0 Å². The van der Waals surface area contributed by atoms with Crippen LogP contribution in [0.2, 0.25) is 0 Å². The van der Waals surface area contributed by atoms with Crippen molar-refractivity contribution >= 4 is 27.5 Å². The van der Waals surface area contributed by atoms with E-state index in [2.05, 4.69) is 166 Å². The van der Waals surface area contributed by atoms with Gasteiger partial charge in [0.25, 0.3) is 0 Å². The molecule has 0 fully saturated rings. The van der Waals surface area contributed by atoms with E-state index in [0.29, 0.717) is 5.69 Å². The summed E-state index contributed by atoms with van der Waals surface area (Å²) < 4.78 is 9.18. The van der Waals surface area contributed by atoms with E-state index in [1.54, 1.807) is 6.20 Å². The van der Waals surface area contributed by atoms with Gasteiger partial charge >= 0.3 is 0 Å². The molecule has 0 amide bonds. The van der Waals surface area contributed by atoms with Crippen molar-refractivity contribution in [2.75, 3.05) is 0 Å². The topological polar surface area (TPSA) is 44.3 Å². The third kappa shape index (κ3) is 5.54. The van der Waals surface area contributed by atoms with Crippen molar-refractivity contribution in [3.05, 3.63) is 240 Å². The second-order valence-corrected chi connectivity index (χ2v) is 14.8. The molecule has 276 valence electrons. The van der Waals surface area contributed by atoms with Gasteiger partial charge in [0.2, 0.25) is 0 Å². The normalized spacial score (nSPS) is 12.7. The zero-order valence-electron chi connectivity index (χ0n) is 31.8. The van der Waals surface area contributed by atoms with E-state index < -0.39 is 5.41 Å². The molecule has 3 aromatic heterocycles. The van der Waals surface area contributed by atoms with E-state index in [1.807, 2.05) is 48.5 Å². The summed E-state index contributed by atoms with van der Waals surface area (Å²) in [5.74, 6) is 1.61. The first-order chi connectivity index (χ1) is 29.2. The number of hydrogen-bond acceptors (Lipinski definition) is 3. The molecule has 1 aliphatic rings. The summed E-state index contributed by atoms with van der Waals surface area (Å²) in [4.78, 5) is 13.5. The standard InChI is InChI=1S/C54H34N4O/c1-55-41-26-28-51-44(35-41)43-32-36(23-27-50(43)58(51)42-18-9-4-10-19-42)37-24-29-52-45(33-37)54(39-14-5-2-6-15-39,40-16-7-3-8-17-40)46-34-38(25-30-53(46)59-52)47-21-13-22-49(57-47)48-20-11-12-31-56-48/h2-35H. The molecule has 7 aromatic carbocycles. The summed E-state index contributed by atoms with van der Waals surface area (Å²) in [6.07, 6.45) is 1.80. The molecule has 0 saturated carbocycles. The van der Waals surface area contributed by atoms with Gasteiger partial charge < -0.3 is 9.30 Å². The van der Waals surface area contributed by atoms with Gasteiger partial charge in [0.05, 0.1) is 40.1 Å². The maximum atomic E-state index is 7.80. The highest BCUT2D eigenvalue weighted by molar-refractivity contribution is 6.11. The third-order valence-corrected chi connectivity index (χ3v) is 11.6. The van der Waals surface area contributed by atoms with Crippen LogP contribution in [0.5, 0.6) is 11.5 Å². The molecule has 0 aliphatic carbocycles. The zero-order chi connectivity index (χ0) is 39.3. The molecule has 1 aliphatic heterocycles. The second kappa shape index (κ2) is 13.8. The van der Waals surface area contributed by atoms with E-state index in [0.717, 1.165) is 95.0 Å². The van der Waals surface area contributed by atoms with Crippen molar-refractivity contribution in [3.63, 3.8) is 0 Å². The van der Waals surface area contributed by atoms with Crippen LogP contribution < -0.4 is 4.74 Å². The molecule has 0 bridgehead atoms. The van der Waals surface area contributed by atoms with Crippen molar-refractivity contribution in [2.24, 2.45) is 0 Å². The fourth-order valence-corrected chi connectivity index (χ4v) is 8.96. The monoisotopic (exact) mass is 754 g/mol.